The Hall–Kier alpha value is -2.48. The van der Waals surface area contributed by atoms with E-state index in [1.807, 2.05) is 0 Å². The normalized spacial score (nSPS) is 19.7. The molecule has 31 heavy (non-hydrogen) atoms. The van der Waals surface area contributed by atoms with Crippen molar-refractivity contribution in [1.29, 1.82) is 0 Å². The molecule has 3 rings (SSSR count). The average molecular weight is 431 g/mol. The highest BCUT2D eigenvalue weighted by Crippen LogP contribution is 2.31. The molecule has 2 amide bonds. The van der Waals surface area contributed by atoms with Gasteiger partial charge in [0, 0.05) is 50.4 Å². The maximum Gasteiger partial charge on any atom is 0.269 e. The van der Waals surface area contributed by atoms with E-state index in [4.69, 9.17) is 0 Å². The summed E-state index contributed by atoms with van der Waals surface area (Å²) in [5.74, 6) is 0.855. The minimum Gasteiger partial charge on any atom is -0.354 e. The number of nitro benzene ring substituents is 1. The number of nitrogens with one attached hydrogen (secondary N) is 1. The smallest absolute Gasteiger partial charge is 0.269 e. The van der Waals surface area contributed by atoms with Gasteiger partial charge in [0.1, 0.15) is 0 Å². The molecule has 0 radical (unpaired) electrons. The van der Waals surface area contributed by atoms with E-state index in [9.17, 15) is 19.7 Å². The number of carbonyl (C=O) groups is 2. The summed E-state index contributed by atoms with van der Waals surface area (Å²) in [4.78, 5) is 40.3. The molecule has 170 valence electrons. The van der Waals surface area contributed by atoms with Crippen LogP contribution < -0.4 is 5.32 Å². The summed E-state index contributed by atoms with van der Waals surface area (Å²) in [5, 5.41) is 14.0. The molecule has 2 aliphatic rings. The zero-order valence-electron chi connectivity index (χ0n) is 18.6. The van der Waals surface area contributed by atoms with E-state index in [0.717, 1.165) is 19.3 Å². The Labute approximate surface area is 184 Å². The van der Waals surface area contributed by atoms with Crippen LogP contribution in [0, 0.1) is 22.0 Å². The van der Waals surface area contributed by atoms with Gasteiger partial charge in [0.25, 0.3) is 11.6 Å². The molecule has 1 N–H and O–H groups in total. The first-order valence-corrected chi connectivity index (χ1v) is 11.5. The molecule has 2 fully saturated rings. The lowest BCUT2D eigenvalue weighted by Crippen LogP contribution is -2.58. The van der Waals surface area contributed by atoms with Gasteiger partial charge >= 0.3 is 0 Å². The fourth-order valence-electron chi connectivity index (χ4n) is 4.59. The number of rotatable bonds is 8. The number of nitrogens with zero attached hydrogens (tertiary/aromatic N) is 3. The Morgan fingerprint density at radius 1 is 1.13 bits per heavy atom. The van der Waals surface area contributed by atoms with Crippen molar-refractivity contribution in [2.45, 2.75) is 52.0 Å². The van der Waals surface area contributed by atoms with Gasteiger partial charge in [0.2, 0.25) is 5.91 Å². The molecule has 8 nitrogen and oxygen atoms in total. The second-order valence-corrected chi connectivity index (χ2v) is 8.88. The zero-order valence-corrected chi connectivity index (χ0v) is 18.6. The molecule has 1 saturated heterocycles. The second-order valence-electron chi connectivity index (χ2n) is 8.88. The number of hydrogen-bond donors (Lipinski definition) is 1. The summed E-state index contributed by atoms with van der Waals surface area (Å²) in [6.45, 7) is 7.42. The molecule has 1 saturated carbocycles. The van der Waals surface area contributed by atoms with Crippen molar-refractivity contribution in [2.75, 3.05) is 32.7 Å². The Morgan fingerprint density at radius 2 is 1.74 bits per heavy atom. The summed E-state index contributed by atoms with van der Waals surface area (Å²) in [6.07, 6.45) is 5.57. The van der Waals surface area contributed by atoms with Crippen LogP contribution in [0.25, 0.3) is 0 Å². The topological polar surface area (TPSA) is 95.8 Å². The molecule has 0 spiro atoms. The van der Waals surface area contributed by atoms with Crippen LogP contribution in [-0.4, -0.2) is 65.3 Å². The van der Waals surface area contributed by atoms with E-state index in [2.05, 4.69) is 24.1 Å². The van der Waals surface area contributed by atoms with Crippen LogP contribution in [0.1, 0.15) is 56.3 Å². The Morgan fingerprint density at radius 3 is 2.29 bits per heavy atom. The number of benzene rings is 1. The van der Waals surface area contributed by atoms with Crippen LogP contribution in [0.15, 0.2) is 24.3 Å². The SMILES string of the molecule is CC[C@H](C)CNC(=O)[C@@H](C1CCCC1)N1CCN(C(=O)c2ccc([N+](=O)[O-])cc2)CC1. The zero-order chi connectivity index (χ0) is 22.4. The number of amides is 2. The third-order valence-electron chi connectivity index (χ3n) is 6.76. The fourth-order valence-corrected chi connectivity index (χ4v) is 4.59. The lowest BCUT2D eigenvalue weighted by Gasteiger charge is -2.41. The first-order chi connectivity index (χ1) is 14.9. The van der Waals surface area contributed by atoms with Gasteiger partial charge in [-0.05, 0) is 36.8 Å². The van der Waals surface area contributed by atoms with Crippen LogP contribution in [0.3, 0.4) is 0 Å². The number of piperazine rings is 1. The van der Waals surface area contributed by atoms with E-state index in [-0.39, 0.29) is 23.5 Å². The lowest BCUT2D eigenvalue weighted by molar-refractivity contribution is -0.384. The number of carbonyl (C=O) groups excluding carboxylic acids is 2. The first kappa shape index (κ1) is 23.2. The molecule has 1 aliphatic heterocycles. The van der Waals surface area contributed by atoms with Crippen LogP contribution in [0.2, 0.25) is 0 Å². The molecule has 8 heteroatoms. The summed E-state index contributed by atoms with van der Waals surface area (Å²) < 4.78 is 0. The summed E-state index contributed by atoms with van der Waals surface area (Å²) in [7, 11) is 0. The standard InChI is InChI=1S/C23H34N4O4/c1-3-17(2)16-24-22(28)21(18-6-4-5-7-18)25-12-14-26(15-13-25)23(29)19-8-10-20(11-9-19)27(30)31/h8-11,17-18,21H,3-7,12-16H2,1-2H3,(H,24,28)/t17-,21+/m0/s1. The van der Waals surface area contributed by atoms with Crippen LogP contribution in [0.5, 0.6) is 0 Å². The van der Waals surface area contributed by atoms with Gasteiger partial charge < -0.3 is 10.2 Å². The van der Waals surface area contributed by atoms with E-state index in [0.29, 0.717) is 50.1 Å². The van der Waals surface area contributed by atoms with Gasteiger partial charge in [-0.2, -0.15) is 0 Å². The summed E-state index contributed by atoms with van der Waals surface area (Å²) in [5.41, 5.74) is 0.432. The summed E-state index contributed by atoms with van der Waals surface area (Å²) >= 11 is 0. The van der Waals surface area contributed by atoms with Gasteiger partial charge in [0.05, 0.1) is 11.0 Å². The van der Waals surface area contributed by atoms with Crippen LogP contribution in [0.4, 0.5) is 5.69 Å². The minimum atomic E-state index is -0.470. The van der Waals surface area contributed by atoms with Crippen molar-refractivity contribution in [1.82, 2.24) is 15.1 Å². The third-order valence-corrected chi connectivity index (χ3v) is 6.76. The van der Waals surface area contributed by atoms with Crippen molar-refractivity contribution in [2.24, 2.45) is 11.8 Å². The van der Waals surface area contributed by atoms with E-state index >= 15 is 0 Å². The molecule has 2 atom stereocenters. The molecular formula is C23H34N4O4. The molecule has 0 bridgehead atoms. The highest BCUT2D eigenvalue weighted by molar-refractivity contribution is 5.94. The van der Waals surface area contributed by atoms with E-state index in [1.54, 1.807) is 4.90 Å². The Kier molecular flexibility index (Phi) is 8.01. The molecule has 1 aromatic rings. The quantitative estimate of drug-likeness (QED) is 0.505. The average Bonchev–Trinajstić information content (AvgIpc) is 3.32. The third kappa shape index (κ3) is 5.81. The molecule has 1 aliphatic carbocycles. The van der Waals surface area contributed by atoms with Crippen LogP contribution in [-0.2, 0) is 4.79 Å². The van der Waals surface area contributed by atoms with Crippen molar-refractivity contribution in [3.63, 3.8) is 0 Å². The fraction of sp³-hybridized carbons (Fsp3) is 0.652. The highest BCUT2D eigenvalue weighted by Gasteiger charge is 2.37. The molecule has 1 aromatic carbocycles. The number of nitro groups is 1. The van der Waals surface area contributed by atoms with Gasteiger partial charge in [-0.1, -0.05) is 33.1 Å². The molecular weight excluding hydrogens is 396 g/mol. The summed E-state index contributed by atoms with van der Waals surface area (Å²) in [6, 6.07) is 5.62. The van der Waals surface area contributed by atoms with Gasteiger partial charge in [-0.15, -0.1) is 0 Å². The Bertz CT molecular complexity index is 768. The van der Waals surface area contributed by atoms with Crippen molar-refractivity contribution in [3.8, 4) is 0 Å². The monoisotopic (exact) mass is 430 g/mol. The number of hydrogen-bond acceptors (Lipinski definition) is 5. The van der Waals surface area contributed by atoms with Crippen molar-refractivity contribution < 1.29 is 14.5 Å². The Balaban J connectivity index is 1.61. The molecule has 0 aromatic heterocycles. The minimum absolute atomic E-state index is 0.0239. The second kappa shape index (κ2) is 10.7. The molecule has 1 heterocycles. The largest absolute Gasteiger partial charge is 0.354 e. The highest BCUT2D eigenvalue weighted by atomic mass is 16.6. The predicted octanol–water partition coefficient (Wildman–Crippen LogP) is 3.07. The van der Waals surface area contributed by atoms with Crippen LogP contribution >= 0.6 is 0 Å². The lowest BCUT2D eigenvalue weighted by atomic mass is 9.94. The maximum absolute atomic E-state index is 13.1. The molecule has 0 unspecified atom stereocenters. The van der Waals surface area contributed by atoms with E-state index in [1.165, 1.54) is 37.1 Å². The van der Waals surface area contributed by atoms with E-state index < -0.39 is 4.92 Å². The first-order valence-electron chi connectivity index (χ1n) is 11.5. The van der Waals surface area contributed by atoms with Crippen molar-refractivity contribution in [3.05, 3.63) is 39.9 Å². The van der Waals surface area contributed by atoms with Gasteiger partial charge in [-0.3, -0.25) is 24.6 Å². The van der Waals surface area contributed by atoms with Crippen molar-refractivity contribution >= 4 is 17.5 Å². The maximum atomic E-state index is 13.1. The number of non-ortho nitro benzene ring substituents is 1. The predicted molar refractivity (Wildman–Crippen MR) is 119 cm³/mol. The van der Waals surface area contributed by atoms with Gasteiger partial charge in [0.15, 0.2) is 0 Å². The van der Waals surface area contributed by atoms with Gasteiger partial charge in [-0.25, -0.2) is 0 Å².